The van der Waals surface area contributed by atoms with E-state index >= 15 is 0 Å². The lowest BCUT2D eigenvalue weighted by Crippen LogP contribution is -2.17. The minimum atomic E-state index is -0.0129. The zero-order chi connectivity index (χ0) is 11.1. The molecule has 4 heteroatoms. The molecule has 0 unspecified atom stereocenters. The Kier molecular flexibility index (Phi) is 7.60. The van der Waals surface area contributed by atoms with Gasteiger partial charge in [0.05, 0.1) is 0 Å². The molecule has 0 aromatic heterocycles. The number of rotatable bonds is 5. The van der Waals surface area contributed by atoms with E-state index in [1.807, 2.05) is 24.3 Å². The Morgan fingerprint density at radius 3 is 2.69 bits per heavy atom. The van der Waals surface area contributed by atoms with Crippen LogP contribution in [0.4, 0.5) is 5.69 Å². The Labute approximate surface area is 103 Å². The molecule has 1 amide bonds. The first-order valence-electron chi connectivity index (χ1n) is 5.35. The minimum absolute atomic E-state index is 0. The predicted molar refractivity (Wildman–Crippen MR) is 70.0 cm³/mol. The quantitative estimate of drug-likeness (QED) is 0.833. The van der Waals surface area contributed by atoms with E-state index in [2.05, 4.69) is 12.2 Å². The van der Waals surface area contributed by atoms with E-state index in [0.717, 1.165) is 18.5 Å². The fourth-order valence-electron chi connectivity index (χ4n) is 1.47. The number of hydrogen-bond donors (Lipinski definition) is 2. The third-order valence-electron chi connectivity index (χ3n) is 2.18. The molecule has 0 aliphatic rings. The second kappa shape index (κ2) is 8.13. The van der Waals surface area contributed by atoms with Gasteiger partial charge in [-0.1, -0.05) is 31.5 Å². The molecule has 1 rings (SSSR count). The lowest BCUT2D eigenvalue weighted by molar-refractivity contribution is -0.116. The van der Waals surface area contributed by atoms with Gasteiger partial charge < -0.3 is 11.1 Å². The molecule has 0 atom stereocenters. The normalized spacial score (nSPS) is 9.38. The van der Waals surface area contributed by atoms with Gasteiger partial charge in [-0.05, 0) is 18.1 Å². The minimum Gasteiger partial charge on any atom is -0.330 e. The van der Waals surface area contributed by atoms with E-state index in [0.29, 0.717) is 13.0 Å². The molecular weight excluding hydrogens is 224 g/mol. The van der Waals surface area contributed by atoms with Gasteiger partial charge in [0, 0.05) is 18.7 Å². The van der Waals surface area contributed by atoms with Crippen molar-refractivity contribution in [3.05, 3.63) is 29.8 Å². The van der Waals surface area contributed by atoms with Crippen LogP contribution in [0.1, 0.15) is 25.3 Å². The van der Waals surface area contributed by atoms with Crippen molar-refractivity contribution in [3.63, 3.8) is 0 Å². The maximum Gasteiger partial charge on any atom is 0.225 e. The smallest absolute Gasteiger partial charge is 0.225 e. The topological polar surface area (TPSA) is 55.1 Å². The van der Waals surface area contributed by atoms with Crippen molar-refractivity contribution >= 4 is 24.0 Å². The number of halogens is 1. The number of nitrogens with two attached hydrogens (primary N) is 1. The van der Waals surface area contributed by atoms with E-state index in [1.165, 1.54) is 5.56 Å². The summed E-state index contributed by atoms with van der Waals surface area (Å²) in [7, 11) is 0. The van der Waals surface area contributed by atoms with Crippen LogP contribution in [0.3, 0.4) is 0 Å². The Balaban J connectivity index is 0.00000225. The van der Waals surface area contributed by atoms with Crippen LogP contribution in [-0.4, -0.2) is 12.5 Å². The number of carbonyl (C=O) groups is 1. The summed E-state index contributed by atoms with van der Waals surface area (Å²) in [6.45, 7) is 2.51. The van der Waals surface area contributed by atoms with Gasteiger partial charge in [-0.15, -0.1) is 12.4 Å². The molecule has 0 heterocycles. The molecule has 0 fully saturated rings. The van der Waals surface area contributed by atoms with Gasteiger partial charge in [0.15, 0.2) is 0 Å². The van der Waals surface area contributed by atoms with Crippen LogP contribution in [0.2, 0.25) is 0 Å². The van der Waals surface area contributed by atoms with Crippen LogP contribution in [0, 0.1) is 0 Å². The second-order valence-corrected chi connectivity index (χ2v) is 3.49. The van der Waals surface area contributed by atoms with Crippen molar-refractivity contribution in [3.8, 4) is 0 Å². The van der Waals surface area contributed by atoms with Crippen molar-refractivity contribution in [1.29, 1.82) is 0 Å². The SMILES string of the molecule is CCCc1ccccc1NC(=O)CCN.Cl. The molecule has 90 valence electrons. The molecule has 0 saturated heterocycles. The van der Waals surface area contributed by atoms with Crippen molar-refractivity contribution in [2.45, 2.75) is 26.2 Å². The van der Waals surface area contributed by atoms with Crippen LogP contribution in [0.25, 0.3) is 0 Å². The number of hydrogen-bond acceptors (Lipinski definition) is 2. The molecule has 0 spiro atoms. The maximum atomic E-state index is 11.4. The first kappa shape index (κ1) is 14.9. The summed E-state index contributed by atoms with van der Waals surface area (Å²) in [6, 6.07) is 7.89. The van der Waals surface area contributed by atoms with Crippen LogP contribution < -0.4 is 11.1 Å². The van der Waals surface area contributed by atoms with Gasteiger partial charge in [0.1, 0.15) is 0 Å². The summed E-state index contributed by atoms with van der Waals surface area (Å²) in [4.78, 5) is 11.4. The summed E-state index contributed by atoms with van der Waals surface area (Å²) >= 11 is 0. The summed E-state index contributed by atoms with van der Waals surface area (Å²) in [6.07, 6.45) is 2.43. The Morgan fingerprint density at radius 2 is 2.06 bits per heavy atom. The van der Waals surface area contributed by atoms with Crippen LogP contribution in [0.5, 0.6) is 0 Å². The molecule has 16 heavy (non-hydrogen) atoms. The summed E-state index contributed by atoms with van der Waals surface area (Å²) in [5.41, 5.74) is 7.42. The third-order valence-corrected chi connectivity index (χ3v) is 2.18. The first-order valence-corrected chi connectivity index (χ1v) is 5.35. The number of para-hydroxylation sites is 1. The second-order valence-electron chi connectivity index (χ2n) is 3.49. The molecule has 0 bridgehead atoms. The number of aryl methyl sites for hydroxylation is 1. The molecule has 1 aromatic rings. The van der Waals surface area contributed by atoms with Crippen molar-refractivity contribution < 1.29 is 4.79 Å². The number of carbonyl (C=O) groups excluding carboxylic acids is 1. The summed E-state index contributed by atoms with van der Waals surface area (Å²) in [5, 5.41) is 2.88. The van der Waals surface area contributed by atoms with Crippen LogP contribution in [-0.2, 0) is 11.2 Å². The molecule has 3 nitrogen and oxygen atoms in total. The van der Waals surface area contributed by atoms with E-state index in [-0.39, 0.29) is 18.3 Å². The average molecular weight is 243 g/mol. The Hall–Kier alpha value is -1.06. The molecule has 0 aliphatic carbocycles. The molecule has 0 aliphatic heterocycles. The predicted octanol–water partition coefficient (Wildman–Crippen LogP) is 2.35. The molecule has 0 saturated carbocycles. The van der Waals surface area contributed by atoms with E-state index < -0.39 is 0 Å². The molecule has 0 radical (unpaired) electrons. The number of benzene rings is 1. The van der Waals surface area contributed by atoms with Crippen LogP contribution >= 0.6 is 12.4 Å². The van der Waals surface area contributed by atoms with Crippen molar-refractivity contribution in [2.75, 3.05) is 11.9 Å². The Morgan fingerprint density at radius 1 is 1.38 bits per heavy atom. The van der Waals surface area contributed by atoms with Crippen molar-refractivity contribution in [2.24, 2.45) is 5.73 Å². The number of anilines is 1. The maximum absolute atomic E-state index is 11.4. The highest BCUT2D eigenvalue weighted by atomic mass is 35.5. The molecule has 1 aromatic carbocycles. The van der Waals surface area contributed by atoms with Gasteiger partial charge in [-0.3, -0.25) is 4.79 Å². The summed E-state index contributed by atoms with van der Waals surface area (Å²) in [5.74, 6) is -0.0129. The Bertz CT molecular complexity index is 329. The highest BCUT2D eigenvalue weighted by Crippen LogP contribution is 2.16. The molecule has 3 N–H and O–H groups in total. The van der Waals surface area contributed by atoms with Gasteiger partial charge in [-0.25, -0.2) is 0 Å². The number of nitrogens with one attached hydrogen (secondary N) is 1. The van der Waals surface area contributed by atoms with Crippen LogP contribution in [0.15, 0.2) is 24.3 Å². The fourth-order valence-corrected chi connectivity index (χ4v) is 1.47. The van der Waals surface area contributed by atoms with E-state index in [4.69, 9.17) is 5.73 Å². The third kappa shape index (κ3) is 4.64. The highest BCUT2D eigenvalue weighted by molar-refractivity contribution is 5.91. The highest BCUT2D eigenvalue weighted by Gasteiger charge is 2.04. The zero-order valence-electron chi connectivity index (χ0n) is 9.53. The van der Waals surface area contributed by atoms with Gasteiger partial charge in [-0.2, -0.15) is 0 Å². The van der Waals surface area contributed by atoms with Crippen molar-refractivity contribution in [1.82, 2.24) is 0 Å². The first-order chi connectivity index (χ1) is 7.27. The zero-order valence-corrected chi connectivity index (χ0v) is 10.3. The molecular formula is C12H19ClN2O. The van der Waals surface area contributed by atoms with Gasteiger partial charge in [0.25, 0.3) is 0 Å². The lowest BCUT2D eigenvalue weighted by atomic mass is 10.1. The lowest BCUT2D eigenvalue weighted by Gasteiger charge is -2.09. The standard InChI is InChI=1S/C12H18N2O.ClH/c1-2-5-10-6-3-4-7-11(10)14-12(15)8-9-13;/h3-4,6-7H,2,5,8-9,13H2,1H3,(H,14,15);1H. The number of amides is 1. The fraction of sp³-hybridized carbons (Fsp3) is 0.417. The van der Waals surface area contributed by atoms with E-state index in [9.17, 15) is 4.79 Å². The van der Waals surface area contributed by atoms with Gasteiger partial charge >= 0.3 is 0 Å². The largest absolute Gasteiger partial charge is 0.330 e. The average Bonchev–Trinajstić information content (AvgIpc) is 2.21. The monoisotopic (exact) mass is 242 g/mol. The van der Waals surface area contributed by atoms with Gasteiger partial charge in [0.2, 0.25) is 5.91 Å². The van der Waals surface area contributed by atoms with E-state index in [1.54, 1.807) is 0 Å². The summed E-state index contributed by atoms with van der Waals surface area (Å²) < 4.78 is 0.